The van der Waals surface area contributed by atoms with E-state index in [4.69, 9.17) is 4.42 Å². The van der Waals surface area contributed by atoms with E-state index in [0.717, 1.165) is 17.7 Å². The number of benzene rings is 1. The first-order valence-corrected chi connectivity index (χ1v) is 10.9. The van der Waals surface area contributed by atoms with Crippen LogP contribution in [-0.2, 0) is 0 Å². The Balaban J connectivity index is 0.00000145. The van der Waals surface area contributed by atoms with Crippen molar-refractivity contribution < 1.29 is 9.21 Å². The molecule has 0 saturated heterocycles. The molecule has 3 rings (SSSR count). The fourth-order valence-electron chi connectivity index (χ4n) is 2.60. The van der Waals surface area contributed by atoms with Crippen LogP contribution in [0.2, 0.25) is 0 Å². The molecule has 7 heteroatoms. The molecule has 0 bridgehead atoms. The molecule has 6 nitrogen and oxygen atoms in total. The molecule has 29 heavy (non-hydrogen) atoms. The van der Waals surface area contributed by atoms with Gasteiger partial charge in [0.2, 0.25) is 5.13 Å². The summed E-state index contributed by atoms with van der Waals surface area (Å²) in [5.74, 6) is 0.966. The number of carbonyl (C=O) groups is 1. The Morgan fingerprint density at radius 1 is 1.21 bits per heavy atom. The van der Waals surface area contributed by atoms with Crippen LogP contribution in [0.5, 0.6) is 0 Å². The average molecular weight is 415 g/mol. The van der Waals surface area contributed by atoms with Crippen LogP contribution in [0.3, 0.4) is 0 Å². The Kier molecular flexibility index (Phi) is 8.39. The van der Waals surface area contributed by atoms with E-state index in [1.165, 1.54) is 11.3 Å². The number of hydrogen-bond acceptors (Lipinski definition) is 6. The molecular formula is C22H30N4O2S. The summed E-state index contributed by atoms with van der Waals surface area (Å²) in [6.45, 7) is 12.6. The second-order valence-electron chi connectivity index (χ2n) is 6.69. The van der Waals surface area contributed by atoms with E-state index >= 15 is 0 Å². The van der Waals surface area contributed by atoms with Crippen molar-refractivity contribution in [3.8, 4) is 10.8 Å². The van der Waals surface area contributed by atoms with E-state index in [-0.39, 0.29) is 5.91 Å². The average Bonchev–Trinajstić information content (AvgIpc) is 3.42. The third-order valence-corrected chi connectivity index (χ3v) is 5.61. The summed E-state index contributed by atoms with van der Waals surface area (Å²) in [6.07, 6.45) is 2.68. The van der Waals surface area contributed by atoms with Gasteiger partial charge in [0.05, 0.1) is 6.26 Å². The van der Waals surface area contributed by atoms with E-state index in [1.54, 1.807) is 12.3 Å². The Morgan fingerprint density at radius 3 is 2.62 bits per heavy atom. The molecule has 0 aliphatic rings. The monoisotopic (exact) mass is 414 g/mol. The normalized spacial score (nSPS) is 12.5. The Hall–Kier alpha value is -2.67. The predicted octanol–water partition coefficient (Wildman–Crippen LogP) is 6.23. The van der Waals surface area contributed by atoms with Crippen LogP contribution in [0, 0.1) is 12.8 Å². The molecular weight excluding hydrogens is 384 g/mol. The zero-order valence-corrected chi connectivity index (χ0v) is 18.8. The fourth-order valence-corrected chi connectivity index (χ4v) is 3.31. The van der Waals surface area contributed by atoms with Crippen molar-refractivity contribution in [3.05, 3.63) is 47.7 Å². The fraction of sp³-hybridized carbons (Fsp3) is 0.409. The number of furan rings is 1. The van der Waals surface area contributed by atoms with Crippen LogP contribution < -0.4 is 10.6 Å². The molecule has 1 aromatic carbocycles. The van der Waals surface area contributed by atoms with Gasteiger partial charge in [-0.25, -0.2) is 0 Å². The zero-order chi connectivity index (χ0) is 21.4. The van der Waals surface area contributed by atoms with Crippen molar-refractivity contribution in [2.24, 2.45) is 5.92 Å². The van der Waals surface area contributed by atoms with Crippen LogP contribution in [0.1, 0.15) is 57.0 Å². The van der Waals surface area contributed by atoms with Gasteiger partial charge in [-0.15, -0.1) is 10.2 Å². The highest BCUT2D eigenvalue weighted by molar-refractivity contribution is 7.18. The number of aromatic nitrogens is 2. The lowest BCUT2D eigenvalue weighted by molar-refractivity contribution is 0.102. The van der Waals surface area contributed by atoms with Crippen molar-refractivity contribution in [3.63, 3.8) is 0 Å². The topological polar surface area (TPSA) is 80.0 Å². The molecule has 2 N–H and O–H groups in total. The number of anilines is 2. The Labute approximate surface area is 176 Å². The second-order valence-corrected chi connectivity index (χ2v) is 7.67. The largest absolute Gasteiger partial charge is 0.462 e. The third kappa shape index (κ3) is 5.90. The predicted molar refractivity (Wildman–Crippen MR) is 121 cm³/mol. The number of nitrogens with zero attached hydrogens (tertiary/aromatic N) is 2. The molecule has 2 unspecified atom stereocenters. The van der Waals surface area contributed by atoms with E-state index in [0.29, 0.717) is 33.4 Å². The molecule has 2 heterocycles. The van der Waals surface area contributed by atoms with Crippen LogP contribution >= 0.6 is 11.3 Å². The van der Waals surface area contributed by atoms with Gasteiger partial charge in [0, 0.05) is 17.3 Å². The SMILES string of the molecule is CC.CCC(C)C(C)Nc1cc(C(=O)Nc2nnc(-c3ccco3)s2)ccc1C. The van der Waals surface area contributed by atoms with Crippen LogP contribution in [0.25, 0.3) is 10.8 Å². The minimum absolute atomic E-state index is 0.212. The number of aryl methyl sites for hydroxylation is 1. The van der Waals surface area contributed by atoms with Gasteiger partial charge in [-0.05, 0) is 49.6 Å². The smallest absolute Gasteiger partial charge is 0.257 e. The van der Waals surface area contributed by atoms with Gasteiger partial charge in [-0.3, -0.25) is 10.1 Å². The Bertz CT molecular complexity index is 905. The first-order chi connectivity index (χ1) is 14.0. The molecule has 0 aliphatic carbocycles. The lowest BCUT2D eigenvalue weighted by atomic mass is 10.00. The highest BCUT2D eigenvalue weighted by atomic mass is 32.1. The van der Waals surface area contributed by atoms with Crippen molar-refractivity contribution >= 4 is 28.1 Å². The minimum atomic E-state index is -0.212. The standard InChI is InChI=1S/C20H24N4O2S.C2H6/c1-5-12(2)14(4)21-16-11-15(9-8-13(16)3)18(25)22-20-24-23-19(27-20)17-7-6-10-26-17;1-2/h6-12,14,21H,5H2,1-4H3,(H,22,24,25);1-2H3. The molecule has 2 aromatic heterocycles. The van der Waals surface area contributed by atoms with Crippen molar-refractivity contribution in [1.82, 2.24) is 10.2 Å². The van der Waals surface area contributed by atoms with Crippen LogP contribution in [0.15, 0.2) is 41.0 Å². The maximum atomic E-state index is 12.6. The maximum absolute atomic E-state index is 12.6. The van der Waals surface area contributed by atoms with Gasteiger partial charge in [0.25, 0.3) is 5.91 Å². The van der Waals surface area contributed by atoms with Gasteiger partial charge < -0.3 is 9.73 Å². The summed E-state index contributed by atoms with van der Waals surface area (Å²) in [5.41, 5.74) is 2.66. The number of rotatable bonds is 7. The molecule has 0 radical (unpaired) electrons. The van der Waals surface area contributed by atoms with Crippen molar-refractivity contribution in [2.75, 3.05) is 10.6 Å². The Morgan fingerprint density at radius 2 is 1.97 bits per heavy atom. The number of hydrogen-bond donors (Lipinski definition) is 2. The summed E-state index contributed by atoms with van der Waals surface area (Å²) in [7, 11) is 0. The molecule has 0 aliphatic heterocycles. The van der Waals surface area contributed by atoms with Gasteiger partial charge >= 0.3 is 0 Å². The first kappa shape index (κ1) is 22.6. The molecule has 2 atom stereocenters. The first-order valence-electron chi connectivity index (χ1n) is 10.0. The lowest BCUT2D eigenvalue weighted by Gasteiger charge is -2.22. The van der Waals surface area contributed by atoms with Gasteiger partial charge in [0.15, 0.2) is 10.8 Å². The molecule has 1 amide bonds. The molecule has 0 fully saturated rings. The molecule has 0 spiro atoms. The summed E-state index contributed by atoms with van der Waals surface area (Å²) < 4.78 is 5.30. The van der Waals surface area contributed by atoms with Gasteiger partial charge in [0.1, 0.15) is 0 Å². The molecule has 3 aromatic rings. The summed E-state index contributed by atoms with van der Waals surface area (Å²) in [4.78, 5) is 12.6. The van der Waals surface area contributed by atoms with E-state index in [1.807, 2.05) is 45.0 Å². The van der Waals surface area contributed by atoms with Crippen LogP contribution in [0.4, 0.5) is 10.8 Å². The highest BCUT2D eigenvalue weighted by Crippen LogP contribution is 2.27. The van der Waals surface area contributed by atoms with Gasteiger partial charge in [-0.1, -0.05) is 51.5 Å². The summed E-state index contributed by atoms with van der Waals surface area (Å²) >= 11 is 1.27. The summed E-state index contributed by atoms with van der Waals surface area (Å²) in [5, 5.41) is 15.5. The van der Waals surface area contributed by atoms with Crippen molar-refractivity contribution in [2.45, 2.75) is 54.0 Å². The molecule has 156 valence electrons. The maximum Gasteiger partial charge on any atom is 0.257 e. The van der Waals surface area contributed by atoms with Gasteiger partial charge in [-0.2, -0.15) is 0 Å². The lowest BCUT2D eigenvalue weighted by Crippen LogP contribution is -2.24. The summed E-state index contributed by atoms with van der Waals surface area (Å²) in [6, 6.07) is 9.58. The van der Waals surface area contributed by atoms with Crippen molar-refractivity contribution in [1.29, 1.82) is 0 Å². The number of nitrogens with one attached hydrogen (secondary N) is 2. The second kappa shape index (κ2) is 10.8. The number of carbonyl (C=O) groups excluding carboxylic acids is 1. The minimum Gasteiger partial charge on any atom is -0.462 e. The third-order valence-electron chi connectivity index (χ3n) is 4.76. The number of amides is 1. The zero-order valence-electron chi connectivity index (χ0n) is 17.9. The van der Waals surface area contributed by atoms with E-state index < -0.39 is 0 Å². The van der Waals surface area contributed by atoms with Crippen LogP contribution in [-0.4, -0.2) is 22.1 Å². The van der Waals surface area contributed by atoms with E-state index in [9.17, 15) is 4.79 Å². The molecule has 0 saturated carbocycles. The highest BCUT2D eigenvalue weighted by Gasteiger charge is 2.15. The van der Waals surface area contributed by atoms with E-state index in [2.05, 4.69) is 41.6 Å². The quantitative estimate of drug-likeness (QED) is 0.479.